The summed E-state index contributed by atoms with van der Waals surface area (Å²) < 4.78 is 5.10. The lowest BCUT2D eigenvalue weighted by molar-refractivity contribution is -0.138. The highest BCUT2D eigenvalue weighted by atomic mass is 16.5. The topological polar surface area (TPSA) is 58.6 Å². The molecule has 0 heterocycles. The second-order valence-electron chi connectivity index (χ2n) is 5.71. The second-order valence-corrected chi connectivity index (χ2v) is 5.71. The number of hydrogen-bond donors (Lipinski definition) is 2. The first kappa shape index (κ1) is 15.4. The van der Waals surface area contributed by atoms with E-state index in [0.717, 1.165) is 25.7 Å². The molecule has 18 heavy (non-hydrogen) atoms. The molecule has 1 aliphatic carbocycles. The number of methoxy groups -OCH3 is 1. The van der Waals surface area contributed by atoms with E-state index in [-0.39, 0.29) is 24.0 Å². The molecular formula is C14H27NO3. The van der Waals surface area contributed by atoms with Gasteiger partial charge in [-0.25, -0.2) is 0 Å². The minimum Gasteiger partial charge on any atom is -0.396 e. The van der Waals surface area contributed by atoms with Crippen molar-refractivity contribution in [2.75, 3.05) is 20.3 Å². The maximum absolute atomic E-state index is 12.4. The zero-order chi connectivity index (χ0) is 13.6. The number of carbonyl (C=O) groups is 1. The Labute approximate surface area is 110 Å². The highest BCUT2D eigenvalue weighted by Gasteiger charge is 2.44. The monoisotopic (exact) mass is 257 g/mol. The zero-order valence-electron chi connectivity index (χ0n) is 11.9. The molecule has 0 radical (unpaired) electrons. The van der Waals surface area contributed by atoms with E-state index in [1.54, 1.807) is 7.11 Å². The van der Waals surface area contributed by atoms with Gasteiger partial charge >= 0.3 is 0 Å². The van der Waals surface area contributed by atoms with Crippen LogP contribution in [0.15, 0.2) is 0 Å². The van der Waals surface area contributed by atoms with Crippen LogP contribution in [0.2, 0.25) is 0 Å². The van der Waals surface area contributed by atoms with Crippen LogP contribution in [0.3, 0.4) is 0 Å². The van der Waals surface area contributed by atoms with Crippen molar-refractivity contribution in [1.82, 2.24) is 5.32 Å². The SMILES string of the molecule is COCCC1(C(=O)NC(CCO)C(C)C)CCC1. The summed E-state index contributed by atoms with van der Waals surface area (Å²) >= 11 is 0. The summed E-state index contributed by atoms with van der Waals surface area (Å²) in [4.78, 5) is 12.4. The van der Waals surface area contributed by atoms with Gasteiger partial charge in [0.05, 0.1) is 5.41 Å². The molecule has 1 atom stereocenters. The number of rotatable bonds is 8. The highest BCUT2D eigenvalue weighted by Crippen LogP contribution is 2.44. The fourth-order valence-electron chi connectivity index (χ4n) is 2.52. The Hall–Kier alpha value is -0.610. The van der Waals surface area contributed by atoms with Crippen molar-refractivity contribution < 1.29 is 14.6 Å². The second kappa shape index (κ2) is 7.10. The Kier molecular flexibility index (Phi) is 6.09. The summed E-state index contributed by atoms with van der Waals surface area (Å²) in [7, 11) is 1.67. The summed E-state index contributed by atoms with van der Waals surface area (Å²) in [6.07, 6.45) is 4.49. The molecule has 0 aliphatic heterocycles. The Morgan fingerprint density at radius 2 is 2.11 bits per heavy atom. The van der Waals surface area contributed by atoms with Gasteiger partial charge in [0.2, 0.25) is 5.91 Å². The summed E-state index contributed by atoms with van der Waals surface area (Å²) in [6.45, 7) is 4.90. The summed E-state index contributed by atoms with van der Waals surface area (Å²) in [5, 5.41) is 12.2. The van der Waals surface area contributed by atoms with E-state index in [4.69, 9.17) is 9.84 Å². The number of nitrogens with one attached hydrogen (secondary N) is 1. The minimum absolute atomic E-state index is 0.0718. The largest absolute Gasteiger partial charge is 0.396 e. The standard InChI is InChI=1S/C14H27NO3/c1-11(2)12(5-9-16)15-13(17)14(6-4-7-14)8-10-18-3/h11-12,16H,4-10H2,1-3H3,(H,15,17). The molecule has 0 spiro atoms. The van der Waals surface area contributed by atoms with Gasteiger partial charge in [0.15, 0.2) is 0 Å². The van der Waals surface area contributed by atoms with E-state index in [9.17, 15) is 4.79 Å². The maximum atomic E-state index is 12.4. The molecule has 1 saturated carbocycles. The van der Waals surface area contributed by atoms with E-state index in [1.807, 2.05) is 0 Å². The average molecular weight is 257 g/mol. The number of aliphatic hydroxyl groups excluding tert-OH is 1. The van der Waals surface area contributed by atoms with Gasteiger partial charge in [-0.2, -0.15) is 0 Å². The van der Waals surface area contributed by atoms with Crippen molar-refractivity contribution in [3.05, 3.63) is 0 Å². The molecule has 1 unspecified atom stereocenters. The molecule has 0 aromatic heterocycles. The van der Waals surface area contributed by atoms with Crippen LogP contribution in [0.1, 0.15) is 46.0 Å². The molecule has 0 aromatic carbocycles. The quantitative estimate of drug-likeness (QED) is 0.696. The fraction of sp³-hybridized carbons (Fsp3) is 0.929. The summed E-state index contributed by atoms with van der Waals surface area (Å²) in [5.74, 6) is 0.499. The van der Waals surface area contributed by atoms with Gasteiger partial charge in [-0.1, -0.05) is 20.3 Å². The van der Waals surface area contributed by atoms with Crippen molar-refractivity contribution >= 4 is 5.91 Å². The lowest BCUT2D eigenvalue weighted by Gasteiger charge is -2.41. The first-order chi connectivity index (χ1) is 8.55. The van der Waals surface area contributed by atoms with Crippen LogP contribution < -0.4 is 5.32 Å². The van der Waals surface area contributed by atoms with Gasteiger partial charge in [-0.3, -0.25) is 4.79 Å². The van der Waals surface area contributed by atoms with Gasteiger partial charge < -0.3 is 15.2 Å². The molecule has 106 valence electrons. The molecule has 0 saturated heterocycles. The van der Waals surface area contributed by atoms with Crippen molar-refractivity contribution in [2.24, 2.45) is 11.3 Å². The average Bonchev–Trinajstić information content (AvgIpc) is 2.27. The molecule has 1 rings (SSSR count). The third kappa shape index (κ3) is 3.69. The summed E-state index contributed by atoms with van der Waals surface area (Å²) in [5.41, 5.74) is -0.210. The van der Waals surface area contributed by atoms with E-state index >= 15 is 0 Å². The zero-order valence-corrected chi connectivity index (χ0v) is 11.9. The van der Waals surface area contributed by atoms with Crippen molar-refractivity contribution in [3.63, 3.8) is 0 Å². The van der Waals surface area contributed by atoms with Crippen LogP contribution >= 0.6 is 0 Å². The molecule has 1 aliphatic rings. The Balaban J connectivity index is 2.55. The van der Waals surface area contributed by atoms with Gasteiger partial charge in [-0.15, -0.1) is 0 Å². The van der Waals surface area contributed by atoms with Gasteiger partial charge in [0, 0.05) is 26.4 Å². The Morgan fingerprint density at radius 3 is 2.50 bits per heavy atom. The lowest BCUT2D eigenvalue weighted by atomic mass is 9.66. The van der Waals surface area contributed by atoms with Gasteiger partial charge in [0.1, 0.15) is 0 Å². The molecule has 2 N–H and O–H groups in total. The molecule has 1 amide bonds. The third-order valence-corrected chi connectivity index (χ3v) is 4.14. The number of amides is 1. The van der Waals surface area contributed by atoms with E-state index in [2.05, 4.69) is 19.2 Å². The number of aliphatic hydroxyl groups is 1. The molecular weight excluding hydrogens is 230 g/mol. The van der Waals surface area contributed by atoms with Crippen LogP contribution in [-0.2, 0) is 9.53 Å². The normalized spacial score (nSPS) is 19.4. The predicted octanol–water partition coefficient (Wildman–Crippen LogP) is 1.72. The molecule has 4 heteroatoms. The molecule has 4 nitrogen and oxygen atoms in total. The first-order valence-electron chi connectivity index (χ1n) is 6.96. The Morgan fingerprint density at radius 1 is 1.44 bits per heavy atom. The summed E-state index contributed by atoms with van der Waals surface area (Å²) in [6, 6.07) is 0.0718. The number of ether oxygens (including phenoxy) is 1. The molecule has 0 aromatic rings. The molecule has 1 fully saturated rings. The fourth-order valence-corrected chi connectivity index (χ4v) is 2.52. The van der Waals surface area contributed by atoms with Crippen molar-refractivity contribution in [2.45, 2.75) is 52.0 Å². The molecule has 0 bridgehead atoms. The first-order valence-corrected chi connectivity index (χ1v) is 6.96. The van der Waals surface area contributed by atoms with Crippen LogP contribution in [0.4, 0.5) is 0 Å². The highest BCUT2D eigenvalue weighted by molar-refractivity contribution is 5.83. The Bertz CT molecular complexity index is 262. The van der Waals surface area contributed by atoms with Gasteiger partial charge in [-0.05, 0) is 31.6 Å². The van der Waals surface area contributed by atoms with E-state index in [0.29, 0.717) is 18.9 Å². The predicted molar refractivity (Wildman–Crippen MR) is 71.2 cm³/mol. The van der Waals surface area contributed by atoms with Crippen molar-refractivity contribution in [1.29, 1.82) is 0 Å². The maximum Gasteiger partial charge on any atom is 0.226 e. The smallest absolute Gasteiger partial charge is 0.226 e. The van der Waals surface area contributed by atoms with E-state index < -0.39 is 0 Å². The van der Waals surface area contributed by atoms with Crippen LogP contribution in [0.25, 0.3) is 0 Å². The van der Waals surface area contributed by atoms with Crippen molar-refractivity contribution in [3.8, 4) is 0 Å². The number of carbonyl (C=O) groups excluding carboxylic acids is 1. The van der Waals surface area contributed by atoms with Crippen LogP contribution in [-0.4, -0.2) is 37.4 Å². The third-order valence-electron chi connectivity index (χ3n) is 4.14. The lowest BCUT2D eigenvalue weighted by Crippen LogP contribution is -2.51. The minimum atomic E-state index is -0.210. The van der Waals surface area contributed by atoms with E-state index in [1.165, 1.54) is 0 Å². The number of hydrogen-bond acceptors (Lipinski definition) is 3. The van der Waals surface area contributed by atoms with Crippen LogP contribution in [0.5, 0.6) is 0 Å². The van der Waals surface area contributed by atoms with Crippen LogP contribution in [0, 0.1) is 11.3 Å². The van der Waals surface area contributed by atoms with Gasteiger partial charge in [0.25, 0.3) is 0 Å².